The topological polar surface area (TPSA) is 83.0 Å². The molecule has 9 heteroatoms. The van der Waals surface area contributed by atoms with Crippen molar-refractivity contribution in [2.45, 2.75) is 26.8 Å². The number of hydrogen-bond acceptors (Lipinski definition) is 7. The number of allylic oxidation sites excluding steroid dienone is 1. The van der Waals surface area contributed by atoms with E-state index >= 15 is 0 Å². The van der Waals surface area contributed by atoms with Gasteiger partial charge in [-0.05, 0) is 66.5 Å². The van der Waals surface area contributed by atoms with E-state index < -0.39 is 12.0 Å². The summed E-state index contributed by atoms with van der Waals surface area (Å²) in [7, 11) is 1.58. The van der Waals surface area contributed by atoms with E-state index in [9.17, 15) is 9.59 Å². The summed E-state index contributed by atoms with van der Waals surface area (Å²) in [4.78, 5) is 31.5. The third-order valence-corrected chi connectivity index (χ3v) is 6.65. The fourth-order valence-corrected chi connectivity index (χ4v) is 5.20. The van der Waals surface area contributed by atoms with Crippen LogP contribution in [0, 0.1) is 6.92 Å². The Balaban J connectivity index is 1.97. The first kappa shape index (κ1) is 22.3. The Morgan fingerprint density at radius 2 is 2.09 bits per heavy atom. The summed E-state index contributed by atoms with van der Waals surface area (Å²) in [5, 5.41) is 0. The molecule has 0 bridgehead atoms. The highest BCUT2D eigenvalue weighted by Crippen LogP contribution is 2.34. The fraction of sp³-hybridized carbons (Fsp3) is 0.261. The predicted octanol–water partition coefficient (Wildman–Crippen LogP) is 3.47. The van der Waals surface area contributed by atoms with Crippen LogP contribution >= 0.6 is 27.3 Å². The molecule has 3 heterocycles. The number of ether oxygens (including phenoxy) is 2. The molecular formula is C23H21BrN2O5S. The Bertz CT molecular complexity index is 1410. The summed E-state index contributed by atoms with van der Waals surface area (Å²) in [6.07, 6.45) is 1.70. The van der Waals surface area contributed by atoms with Crippen molar-refractivity contribution in [2.24, 2.45) is 4.99 Å². The minimum atomic E-state index is -0.687. The van der Waals surface area contributed by atoms with Crippen molar-refractivity contribution in [3.8, 4) is 5.75 Å². The lowest BCUT2D eigenvalue weighted by Crippen LogP contribution is -2.39. The molecule has 32 heavy (non-hydrogen) atoms. The van der Waals surface area contributed by atoms with Crippen LogP contribution in [0.5, 0.6) is 5.75 Å². The first-order valence-corrected chi connectivity index (χ1v) is 11.5. The van der Waals surface area contributed by atoms with E-state index in [0.29, 0.717) is 36.6 Å². The van der Waals surface area contributed by atoms with Crippen molar-refractivity contribution < 1.29 is 18.7 Å². The SMILES string of the molecule is CCOC(=O)C1=C(C)N=c2s/c(=C/c3ccc(C)o3)c(=O)n2[C@H]1c1ccc(OC)c(Br)c1. The van der Waals surface area contributed by atoms with Crippen LogP contribution in [0.1, 0.15) is 37.0 Å². The number of esters is 1. The van der Waals surface area contributed by atoms with Crippen molar-refractivity contribution in [1.82, 2.24) is 4.57 Å². The summed E-state index contributed by atoms with van der Waals surface area (Å²) in [5.74, 6) is 1.48. The highest BCUT2D eigenvalue weighted by molar-refractivity contribution is 9.10. The Hall–Kier alpha value is -2.91. The summed E-state index contributed by atoms with van der Waals surface area (Å²) >= 11 is 4.76. The maximum Gasteiger partial charge on any atom is 0.338 e. The Kier molecular flexibility index (Phi) is 6.21. The zero-order valence-corrected chi connectivity index (χ0v) is 20.4. The minimum Gasteiger partial charge on any atom is -0.496 e. The molecule has 0 N–H and O–H groups in total. The Labute approximate surface area is 196 Å². The molecule has 1 aliphatic heterocycles. The standard InChI is InChI=1S/C23H21BrN2O5S/c1-5-30-22(28)19-13(3)25-23-26(20(19)14-7-9-17(29-4)16(24)10-14)21(27)18(32-23)11-15-8-6-12(2)31-15/h6-11,20H,5H2,1-4H3/b18-11+/t20-/m0/s1. The van der Waals surface area contributed by atoms with Crippen LogP contribution in [0.3, 0.4) is 0 Å². The molecule has 2 aromatic heterocycles. The van der Waals surface area contributed by atoms with Gasteiger partial charge in [-0.15, -0.1) is 0 Å². The molecule has 0 radical (unpaired) electrons. The molecule has 0 saturated carbocycles. The third kappa shape index (κ3) is 3.98. The first-order valence-electron chi connectivity index (χ1n) is 9.93. The summed E-state index contributed by atoms with van der Waals surface area (Å²) < 4.78 is 19.0. The molecule has 7 nitrogen and oxygen atoms in total. The van der Waals surface area contributed by atoms with Crippen LogP contribution in [0.4, 0.5) is 0 Å². The number of aryl methyl sites for hydroxylation is 1. The van der Waals surface area contributed by atoms with Gasteiger partial charge in [0.2, 0.25) is 0 Å². The molecule has 3 aromatic rings. The predicted molar refractivity (Wildman–Crippen MR) is 125 cm³/mol. The Morgan fingerprint density at radius 1 is 1.31 bits per heavy atom. The third-order valence-electron chi connectivity index (χ3n) is 5.04. The van der Waals surface area contributed by atoms with Gasteiger partial charge < -0.3 is 13.9 Å². The molecule has 1 atom stereocenters. The van der Waals surface area contributed by atoms with Crippen molar-refractivity contribution in [3.63, 3.8) is 0 Å². The van der Waals surface area contributed by atoms with Gasteiger partial charge in [0.15, 0.2) is 4.80 Å². The van der Waals surface area contributed by atoms with Gasteiger partial charge in [-0.1, -0.05) is 17.4 Å². The average molecular weight is 517 g/mol. The number of halogens is 1. The number of carbonyl (C=O) groups is 1. The van der Waals surface area contributed by atoms with Gasteiger partial charge in [-0.2, -0.15) is 0 Å². The minimum absolute atomic E-state index is 0.219. The van der Waals surface area contributed by atoms with E-state index in [0.717, 1.165) is 11.3 Å². The monoisotopic (exact) mass is 516 g/mol. The molecule has 0 amide bonds. The van der Waals surface area contributed by atoms with E-state index in [-0.39, 0.29) is 12.2 Å². The van der Waals surface area contributed by atoms with Crippen molar-refractivity contribution >= 4 is 39.3 Å². The number of thiazole rings is 1. The molecule has 4 rings (SSSR count). The maximum atomic E-state index is 13.5. The molecule has 1 aliphatic rings. The highest BCUT2D eigenvalue weighted by Gasteiger charge is 2.33. The lowest BCUT2D eigenvalue weighted by molar-refractivity contribution is -0.139. The van der Waals surface area contributed by atoms with E-state index in [2.05, 4.69) is 20.9 Å². The van der Waals surface area contributed by atoms with Crippen LogP contribution < -0.4 is 19.6 Å². The van der Waals surface area contributed by atoms with Crippen LogP contribution in [-0.4, -0.2) is 24.3 Å². The number of fused-ring (bicyclic) bond motifs is 1. The molecule has 0 unspecified atom stereocenters. The van der Waals surface area contributed by atoms with Crippen molar-refractivity contribution in [1.29, 1.82) is 0 Å². The van der Waals surface area contributed by atoms with Crippen LogP contribution in [0.25, 0.3) is 6.08 Å². The average Bonchev–Trinajstić information content (AvgIpc) is 3.29. The van der Waals surface area contributed by atoms with E-state index in [1.54, 1.807) is 43.7 Å². The van der Waals surface area contributed by atoms with Crippen LogP contribution in [0.2, 0.25) is 0 Å². The summed E-state index contributed by atoms with van der Waals surface area (Å²) in [6.45, 7) is 5.56. The van der Waals surface area contributed by atoms with Crippen molar-refractivity contribution in [2.75, 3.05) is 13.7 Å². The first-order chi connectivity index (χ1) is 15.3. The number of nitrogens with zero attached hydrogens (tertiary/aromatic N) is 2. The molecule has 0 fully saturated rings. The van der Waals surface area contributed by atoms with E-state index in [1.807, 2.05) is 25.1 Å². The number of methoxy groups -OCH3 is 1. The Morgan fingerprint density at radius 3 is 2.72 bits per heavy atom. The number of benzene rings is 1. The fourth-order valence-electron chi connectivity index (χ4n) is 3.62. The van der Waals surface area contributed by atoms with Crippen molar-refractivity contribution in [3.05, 3.63) is 82.8 Å². The highest BCUT2D eigenvalue weighted by atomic mass is 79.9. The summed E-state index contributed by atoms with van der Waals surface area (Å²) in [6, 6.07) is 8.42. The van der Waals surface area contributed by atoms with Crippen LogP contribution in [0.15, 0.2) is 60.3 Å². The van der Waals surface area contributed by atoms with Gasteiger partial charge in [0.05, 0.1) is 40.0 Å². The zero-order valence-electron chi connectivity index (χ0n) is 18.0. The van der Waals surface area contributed by atoms with Crippen LogP contribution in [-0.2, 0) is 9.53 Å². The van der Waals surface area contributed by atoms with E-state index in [1.165, 1.54) is 11.3 Å². The maximum absolute atomic E-state index is 13.5. The van der Waals surface area contributed by atoms with Gasteiger partial charge in [0.25, 0.3) is 5.56 Å². The summed E-state index contributed by atoms with van der Waals surface area (Å²) in [5.41, 5.74) is 1.32. The molecule has 1 aromatic carbocycles. The number of rotatable bonds is 5. The van der Waals surface area contributed by atoms with Gasteiger partial charge >= 0.3 is 5.97 Å². The van der Waals surface area contributed by atoms with Gasteiger partial charge in [0, 0.05) is 6.08 Å². The molecule has 166 valence electrons. The largest absolute Gasteiger partial charge is 0.496 e. The molecule has 0 spiro atoms. The number of carbonyl (C=O) groups excluding carboxylic acids is 1. The smallest absolute Gasteiger partial charge is 0.338 e. The molecule has 0 aliphatic carbocycles. The van der Waals surface area contributed by atoms with Gasteiger partial charge in [-0.25, -0.2) is 9.79 Å². The second-order valence-corrected chi connectivity index (χ2v) is 9.01. The molecule has 0 saturated heterocycles. The zero-order chi connectivity index (χ0) is 23.0. The number of hydrogen-bond donors (Lipinski definition) is 0. The lowest BCUT2D eigenvalue weighted by atomic mass is 9.96. The van der Waals surface area contributed by atoms with Gasteiger partial charge in [0.1, 0.15) is 17.3 Å². The molecular weight excluding hydrogens is 496 g/mol. The quantitative estimate of drug-likeness (QED) is 0.485. The number of aromatic nitrogens is 1. The second kappa shape index (κ2) is 8.91. The second-order valence-electron chi connectivity index (χ2n) is 7.14. The lowest BCUT2D eigenvalue weighted by Gasteiger charge is -2.25. The van der Waals surface area contributed by atoms with E-state index in [4.69, 9.17) is 13.9 Å². The van der Waals surface area contributed by atoms with Gasteiger partial charge in [-0.3, -0.25) is 9.36 Å². The number of furan rings is 1. The normalized spacial score (nSPS) is 16.0.